The molecule has 2 fully saturated rings. The number of thioether (sulfide) groups is 2. The summed E-state index contributed by atoms with van der Waals surface area (Å²) in [4.78, 5) is 3.76. The Hall–Kier alpha value is -0.400. The second kappa shape index (κ2) is 5.49. The monoisotopic (exact) mass is 274 g/mol. The highest BCUT2D eigenvalue weighted by Crippen LogP contribution is 2.41. The molecule has 1 spiro atoms. The molecule has 2 saturated heterocycles. The Balaban J connectivity index is 1.89. The number of hydrogen-bond donors (Lipinski definition) is 3. The van der Waals surface area contributed by atoms with Crippen LogP contribution in [0.15, 0.2) is 4.99 Å². The second-order valence-electron chi connectivity index (χ2n) is 4.41. The van der Waals surface area contributed by atoms with Crippen LogP contribution in [0.2, 0.25) is 0 Å². The van der Waals surface area contributed by atoms with Crippen LogP contribution in [-0.2, 0) is 4.74 Å². The second-order valence-corrected chi connectivity index (χ2v) is 6.80. The van der Waals surface area contributed by atoms with Crippen LogP contribution in [0.25, 0.3) is 0 Å². The predicted molar refractivity (Wildman–Crippen MR) is 74.8 cm³/mol. The van der Waals surface area contributed by atoms with Gasteiger partial charge in [0.25, 0.3) is 0 Å². The molecule has 5 N–H and O–H groups in total. The zero-order chi connectivity index (χ0) is 12.3. The summed E-state index contributed by atoms with van der Waals surface area (Å²) in [6.07, 6.45) is 3.11. The van der Waals surface area contributed by atoms with Gasteiger partial charge in [0, 0.05) is 17.6 Å². The Morgan fingerprint density at radius 1 is 1.53 bits per heavy atom. The first-order chi connectivity index (χ1) is 8.10. The maximum atomic E-state index is 7.68. The van der Waals surface area contributed by atoms with E-state index < -0.39 is 0 Å². The summed E-state index contributed by atoms with van der Waals surface area (Å²) in [5.41, 5.74) is 10.6. The summed E-state index contributed by atoms with van der Waals surface area (Å²) in [5, 5.41) is 8.29. The van der Waals surface area contributed by atoms with Gasteiger partial charge in [0.15, 0.2) is 11.1 Å². The van der Waals surface area contributed by atoms with Crippen LogP contribution in [0.4, 0.5) is 0 Å². The molecule has 2 rings (SSSR count). The van der Waals surface area contributed by atoms with Crippen LogP contribution in [0.1, 0.15) is 19.3 Å². The maximum absolute atomic E-state index is 7.68. The summed E-state index contributed by atoms with van der Waals surface area (Å²) < 4.78 is 5.93. The zero-order valence-electron chi connectivity index (χ0n) is 9.65. The fourth-order valence-electron chi connectivity index (χ4n) is 2.25. The van der Waals surface area contributed by atoms with E-state index in [1.807, 2.05) is 11.8 Å². The van der Waals surface area contributed by atoms with Crippen molar-refractivity contribution in [1.29, 1.82) is 5.41 Å². The standard InChI is InChI=1S/C10H18N4OS2/c11-8(12)14-9(13)17-7-1-3-15-10(5-7)2-4-16-6-10/h7H,1-6H2,(H5,11,12,13,14). The number of ether oxygens (including phenoxy) is 1. The van der Waals surface area contributed by atoms with Crippen LogP contribution in [0, 0.1) is 5.41 Å². The van der Waals surface area contributed by atoms with Gasteiger partial charge < -0.3 is 16.2 Å². The molecular weight excluding hydrogens is 256 g/mol. The van der Waals surface area contributed by atoms with Gasteiger partial charge in [-0.2, -0.15) is 16.8 Å². The van der Waals surface area contributed by atoms with Crippen molar-refractivity contribution in [3.8, 4) is 0 Å². The average molecular weight is 274 g/mol. The molecule has 17 heavy (non-hydrogen) atoms. The average Bonchev–Trinajstić information content (AvgIpc) is 2.64. The number of guanidine groups is 1. The van der Waals surface area contributed by atoms with Gasteiger partial charge in [0.2, 0.25) is 0 Å². The van der Waals surface area contributed by atoms with Crippen molar-refractivity contribution < 1.29 is 4.74 Å². The first-order valence-corrected chi connectivity index (χ1v) is 7.70. The molecule has 2 heterocycles. The van der Waals surface area contributed by atoms with Crippen LogP contribution >= 0.6 is 23.5 Å². The number of hydrogen-bond acceptors (Lipinski definition) is 4. The van der Waals surface area contributed by atoms with E-state index in [-0.39, 0.29) is 16.7 Å². The number of nitrogens with one attached hydrogen (secondary N) is 1. The summed E-state index contributed by atoms with van der Waals surface area (Å²) in [6, 6.07) is 0. The number of nitrogens with two attached hydrogens (primary N) is 2. The van der Waals surface area contributed by atoms with E-state index in [1.54, 1.807) is 0 Å². The highest BCUT2D eigenvalue weighted by Gasteiger charge is 2.40. The van der Waals surface area contributed by atoms with Crippen molar-refractivity contribution in [3.63, 3.8) is 0 Å². The van der Waals surface area contributed by atoms with E-state index in [2.05, 4.69) is 4.99 Å². The largest absolute Gasteiger partial charge is 0.374 e. The minimum atomic E-state index is -0.0410. The molecule has 0 bridgehead atoms. The fourth-order valence-corrected chi connectivity index (χ4v) is 4.70. The molecule has 0 aromatic rings. The Bertz CT molecular complexity index is 324. The molecule has 0 aromatic carbocycles. The van der Waals surface area contributed by atoms with Crippen molar-refractivity contribution in [2.45, 2.75) is 30.1 Å². The van der Waals surface area contributed by atoms with Gasteiger partial charge in [-0.1, -0.05) is 11.8 Å². The third-order valence-corrected chi connectivity index (χ3v) is 5.30. The molecule has 0 amide bonds. The molecule has 0 saturated carbocycles. The summed E-state index contributed by atoms with van der Waals surface area (Å²) in [7, 11) is 0. The van der Waals surface area contributed by atoms with Crippen molar-refractivity contribution >= 4 is 34.7 Å². The quantitative estimate of drug-likeness (QED) is 0.489. The van der Waals surface area contributed by atoms with Crippen LogP contribution in [0.5, 0.6) is 0 Å². The van der Waals surface area contributed by atoms with Crippen LogP contribution in [-0.4, -0.2) is 40.1 Å². The predicted octanol–water partition coefficient (Wildman–Crippen LogP) is 0.982. The molecular formula is C10H18N4OS2. The zero-order valence-corrected chi connectivity index (χ0v) is 11.3. The van der Waals surface area contributed by atoms with Gasteiger partial charge in [-0.3, -0.25) is 5.41 Å². The van der Waals surface area contributed by atoms with Crippen molar-refractivity contribution in [1.82, 2.24) is 0 Å². The molecule has 2 unspecified atom stereocenters. The number of aliphatic imine (C=N–C) groups is 1. The molecule has 0 aromatic heterocycles. The van der Waals surface area contributed by atoms with Crippen molar-refractivity contribution in [2.24, 2.45) is 16.5 Å². The first kappa shape index (κ1) is 13.0. The van der Waals surface area contributed by atoms with Gasteiger partial charge in [-0.25, -0.2) is 0 Å². The maximum Gasteiger partial charge on any atom is 0.193 e. The van der Waals surface area contributed by atoms with Crippen LogP contribution in [0.3, 0.4) is 0 Å². The van der Waals surface area contributed by atoms with Crippen LogP contribution < -0.4 is 11.5 Å². The van der Waals surface area contributed by atoms with Gasteiger partial charge in [-0.15, -0.1) is 0 Å². The van der Waals surface area contributed by atoms with Gasteiger partial charge in [0.05, 0.1) is 5.60 Å². The smallest absolute Gasteiger partial charge is 0.193 e. The van der Waals surface area contributed by atoms with E-state index in [4.69, 9.17) is 21.6 Å². The van der Waals surface area contributed by atoms with E-state index in [9.17, 15) is 0 Å². The number of rotatable bonds is 1. The Labute approximate surface area is 110 Å². The lowest BCUT2D eigenvalue weighted by atomic mass is 9.93. The summed E-state index contributed by atoms with van der Waals surface area (Å²) in [5.74, 6) is 2.23. The van der Waals surface area contributed by atoms with Gasteiger partial charge >= 0.3 is 0 Å². The van der Waals surface area contributed by atoms with E-state index in [1.165, 1.54) is 17.5 Å². The lowest BCUT2D eigenvalue weighted by Crippen LogP contribution is -2.41. The third kappa shape index (κ3) is 3.53. The normalized spacial score (nSPS) is 32.6. The summed E-state index contributed by atoms with van der Waals surface area (Å²) >= 11 is 3.41. The topological polar surface area (TPSA) is 97.5 Å². The highest BCUT2D eigenvalue weighted by molar-refractivity contribution is 8.14. The Kier molecular flexibility index (Phi) is 4.22. The van der Waals surface area contributed by atoms with E-state index in [0.717, 1.165) is 31.6 Å². The lowest BCUT2D eigenvalue weighted by Gasteiger charge is -2.37. The molecule has 5 nitrogen and oxygen atoms in total. The number of nitrogens with zero attached hydrogens (tertiary/aromatic N) is 1. The SMILES string of the molecule is N=C(N=C(N)N)SC1CCOC2(CCSC2)C1. The molecule has 96 valence electrons. The Morgan fingerprint density at radius 2 is 2.35 bits per heavy atom. The molecule has 2 atom stereocenters. The Morgan fingerprint density at radius 3 is 3.00 bits per heavy atom. The minimum Gasteiger partial charge on any atom is -0.374 e. The van der Waals surface area contributed by atoms with E-state index in [0.29, 0.717) is 5.25 Å². The van der Waals surface area contributed by atoms with Crippen molar-refractivity contribution in [3.05, 3.63) is 0 Å². The molecule has 2 aliphatic rings. The van der Waals surface area contributed by atoms with E-state index >= 15 is 0 Å². The molecule has 0 radical (unpaired) electrons. The lowest BCUT2D eigenvalue weighted by molar-refractivity contribution is -0.0561. The highest BCUT2D eigenvalue weighted by atomic mass is 32.2. The fraction of sp³-hybridized carbons (Fsp3) is 0.800. The first-order valence-electron chi connectivity index (χ1n) is 5.66. The molecule has 7 heteroatoms. The van der Waals surface area contributed by atoms with Gasteiger partial charge in [-0.05, 0) is 25.0 Å². The minimum absolute atomic E-state index is 0.0410. The third-order valence-electron chi connectivity index (χ3n) is 3.02. The number of amidine groups is 1. The molecule has 0 aliphatic carbocycles. The van der Waals surface area contributed by atoms with Crippen molar-refractivity contribution in [2.75, 3.05) is 18.1 Å². The van der Waals surface area contributed by atoms with Gasteiger partial charge in [0.1, 0.15) is 0 Å². The summed E-state index contributed by atoms with van der Waals surface area (Å²) in [6.45, 7) is 0.785. The molecule has 2 aliphatic heterocycles.